The Kier molecular flexibility index (Phi) is 1.74. The van der Waals surface area contributed by atoms with Crippen molar-refractivity contribution in [3.8, 4) is 11.3 Å². The first kappa shape index (κ1) is 8.47. The minimum Gasteiger partial charge on any atom is -0.353 e. The van der Waals surface area contributed by atoms with Gasteiger partial charge in [-0.05, 0) is 18.6 Å². The maximum Gasteiger partial charge on any atom is 0.228 e. The van der Waals surface area contributed by atoms with Crippen LogP contribution in [0.5, 0.6) is 0 Å². The Morgan fingerprint density at radius 1 is 1.33 bits per heavy atom. The van der Waals surface area contributed by atoms with Crippen LogP contribution >= 0.6 is 0 Å². The zero-order valence-electron chi connectivity index (χ0n) is 7.96. The van der Waals surface area contributed by atoms with Gasteiger partial charge in [0.1, 0.15) is 11.5 Å². The third kappa shape index (κ3) is 1.21. The molecular weight excluding hydrogens is 195 g/mol. The molecule has 1 aliphatic rings. The smallest absolute Gasteiger partial charge is 0.228 e. The third-order valence-corrected chi connectivity index (χ3v) is 2.58. The molecule has 3 nitrogen and oxygen atoms in total. The molecule has 1 aromatic heterocycles. The van der Waals surface area contributed by atoms with Gasteiger partial charge < -0.3 is 9.84 Å². The molecule has 0 bridgehead atoms. The van der Waals surface area contributed by atoms with E-state index in [0.29, 0.717) is 17.1 Å². The number of hydrogen-bond donors (Lipinski definition) is 1. The Balaban J connectivity index is 2.17. The molecule has 2 heterocycles. The highest BCUT2D eigenvalue weighted by atomic mass is 19.1. The fraction of sp³-hybridized carbons (Fsp3) is 0.182. The Hall–Kier alpha value is -1.84. The minimum absolute atomic E-state index is 0.263. The first-order chi connectivity index (χ1) is 7.36. The van der Waals surface area contributed by atoms with Gasteiger partial charge in [0, 0.05) is 17.7 Å². The van der Waals surface area contributed by atoms with Gasteiger partial charge in [-0.3, -0.25) is 0 Å². The molecule has 76 valence electrons. The van der Waals surface area contributed by atoms with Crippen LogP contribution in [0.4, 0.5) is 10.3 Å². The van der Waals surface area contributed by atoms with Crippen molar-refractivity contribution in [2.24, 2.45) is 0 Å². The van der Waals surface area contributed by atoms with Crippen molar-refractivity contribution in [1.29, 1.82) is 0 Å². The van der Waals surface area contributed by atoms with Crippen molar-refractivity contribution < 1.29 is 8.91 Å². The zero-order valence-corrected chi connectivity index (χ0v) is 7.96. The summed E-state index contributed by atoms with van der Waals surface area (Å²) in [6, 6.07) is 6.60. The molecule has 4 heteroatoms. The van der Waals surface area contributed by atoms with E-state index in [9.17, 15) is 4.39 Å². The molecule has 3 rings (SSSR count). The highest BCUT2D eigenvalue weighted by molar-refractivity contribution is 5.69. The van der Waals surface area contributed by atoms with Crippen LogP contribution in [0.3, 0.4) is 0 Å². The number of nitrogens with zero attached hydrogens (tertiary/aromatic N) is 1. The molecule has 0 saturated heterocycles. The maximum absolute atomic E-state index is 13.5. The maximum atomic E-state index is 13.5. The van der Waals surface area contributed by atoms with E-state index >= 15 is 0 Å². The molecule has 0 unspecified atom stereocenters. The average Bonchev–Trinajstić information content (AvgIpc) is 2.80. The average molecular weight is 204 g/mol. The van der Waals surface area contributed by atoms with Gasteiger partial charge >= 0.3 is 0 Å². The van der Waals surface area contributed by atoms with Gasteiger partial charge in [-0.25, -0.2) is 4.39 Å². The summed E-state index contributed by atoms with van der Waals surface area (Å²) in [6.07, 6.45) is 0.836. The van der Waals surface area contributed by atoms with Crippen molar-refractivity contribution >= 4 is 5.88 Å². The first-order valence-corrected chi connectivity index (χ1v) is 4.83. The lowest BCUT2D eigenvalue weighted by molar-refractivity contribution is 0.436. The van der Waals surface area contributed by atoms with E-state index in [0.717, 1.165) is 18.5 Å². The predicted molar refractivity (Wildman–Crippen MR) is 54.1 cm³/mol. The number of hydrogen-bond acceptors (Lipinski definition) is 3. The molecule has 1 N–H and O–H groups in total. The number of fused-ring (bicyclic) bond motifs is 1. The van der Waals surface area contributed by atoms with Gasteiger partial charge in [0.15, 0.2) is 0 Å². The van der Waals surface area contributed by atoms with Crippen LogP contribution in [0.2, 0.25) is 0 Å². The quantitative estimate of drug-likeness (QED) is 0.775. The zero-order chi connectivity index (χ0) is 10.3. The van der Waals surface area contributed by atoms with Gasteiger partial charge in [-0.2, -0.15) is 0 Å². The van der Waals surface area contributed by atoms with Crippen molar-refractivity contribution in [1.82, 2.24) is 5.16 Å². The molecule has 0 amide bonds. The fourth-order valence-corrected chi connectivity index (χ4v) is 1.85. The number of benzene rings is 1. The standard InChI is InChI=1S/C11H9FN2O/c12-9-4-2-1-3-7(9)10-8-5-6-13-11(8)15-14-10/h1-4,13H,5-6H2. The molecule has 0 spiro atoms. The Bertz CT molecular complexity index is 507. The summed E-state index contributed by atoms with van der Waals surface area (Å²) in [4.78, 5) is 0. The Morgan fingerprint density at radius 2 is 2.20 bits per heavy atom. The highest BCUT2D eigenvalue weighted by Crippen LogP contribution is 2.33. The van der Waals surface area contributed by atoms with Gasteiger partial charge in [-0.1, -0.05) is 17.3 Å². The van der Waals surface area contributed by atoms with Crippen molar-refractivity contribution in [3.63, 3.8) is 0 Å². The highest BCUT2D eigenvalue weighted by Gasteiger charge is 2.22. The summed E-state index contributed by atoms with van der Waals surface area (Å²) in [5, 5.41) is 6.95. The number of nitrogens with one attached hydrogen (secondary N) is 1. The van der Waals surface area contributed by atoms with E-state index in [1.54, 1.807) is 18.2 Å². The van der Waals surface area contributed by atoms with Crippen LogP contribution in [0.15, 0.2) is 28.8 Å². The van der Waals surface area contributed by atoms with E-state index in [2.05, 4.69) is 10.5 Å². The van der Waals surface area contributed by atoms with Gasteiger partial charge in [0.05, 0.1) is 0 Å². The Morgan fingerprint density at radius 3 is 3.07 bits per heavy atom. The molecule has 2 aromatic rings. The monoisotopic (exact) mass is 204 g/mol. The van der Waals surface area contributed by atoms with E-state index < -0.39 is 0 Å². The summed E-state index contributed by atoms with van der Waals surface area (Å²) < 4.78 is 18.6. The van der Waals surface area contributed by atoms with Crippen LogP contribution in [0.25, 0.3) is 11.3 Å². The number of anilines is 1. The lowest BCUT2D eigenvalue weighted by Crippen LogP contribution is -1.93. The van der Waals surface area contributed by atoms with Gasteiger partial charge in [-0.15, -0.1) is 0 Å². The summed E-state index contributed by atoms with van der Waals surface area (Å²) in [5.74, 6) is 0.411. The topological polar surface area (TPSA) is 38.1 Å². The molecular formula is C11H9FN2O. The van der Waals surface area contributed by atoms with E-state index in [1.165, 1.54) is 6.07 Å². The SMILES string of the molecule is Fc1ccccc1-c1noc2c1CCN2. The van der Waals surface area contributed by atoms with E-state index in [-0.39, 0.29) is 5.82 Å². The van der Waals surface area contributed by atoms with E-state index in [4.69, 9.17) is 4.52 Å². The number of aromatic nitrogens is 1. The lowest BCUT2D eigenvalue weighted by atomic mass is 10.1. The summed E-state index contributed by atoms with van der Waals surface area (Å²) in [6.45, 7) is 0.831. The van der Waals surface area contributed by atoms with Crippen LogP contribution in [0.1, 0.15) is 5.56 Å². The Labute approximate surface area is 85.9 Å². The van der Waals surface area contributed by atoms with Crippen molar-refractivity contribution in [3.05, 3.63) is 35.6 Å². The molecule has 1 aromatic carbocycles. The van der Waals surface area contributed by atoms with Crippen LogP contribution in [-0.4, -0.2) is 11.7 Å². The molecule has 0 aliphatic carbocycles. The largest absolute Gasteiger partial charge is 0.353 e. The number of halogens is 1. The summed E-state index contributed by atoms with van der Waals surface area (Å²) in [5.41, 5.74) is 2.10. The predicted octanol–water partition coefficient (Wildman–Crippen LogP) is 2.45. The molecule has 1 aliphatic heterocycles. The minimum atomic E-state index is -0.263. The van der Waals surface area contributed by atoms with Gasteiger partial charge in [0.2, 0.25) is 5.88 Å². The summed E-state index contributed by atoms with van der Waals surface area (Å²) in [7, 11) is 0. The molecule has 0 fully saturated rings. The summed E-state index contributed by atoms with van der Waals surface area (Å²) >= 11 is 0. The second kappa shape index (κ2) is 3.08. The molecule has 0 radical (unpaired) electrons. The van der Waals surface area contributed by atoms with Crippen LogP contribution in [0, 0.1) is 5.82 Å². The normalized spacial score (nSPS) is 13.7. The lowest BCUT2D eigenvalue weighted by Gasteiger charge is -1.98. The number of rotatable bonds is 1. The second-order valence-electron chi connectivity index (χ2n) is 3.50. The molecule has 15 heavy (non-hydrogen) atoms. The van der Waals surface area contributed by atoms with E-state index in [1.807, 2.05) is 0 Å². The second-order valence-corrected chi connectivity index (χ2v) is 3.50. The van der Waals surface area contributed by atoms with Crippen molar-refractivity contribution in [2.75, 3.05) is 11.9 Å². The molecule has 0 saturated carbocycles. The van der Waals surface area contributed by atoms with Crippen LogP contribution < -0.4 is 5.32 Å². The van der Waals surface area contributed by atoms with Gasteiger partial charge in [0.25, 0.3) is 0 Å². The fourth-order valence-electron chi connectivity index (χ4n) is 1.85. The first-order valence-electron chi connectivity index (χ1n) is 4.83. The molecule has 0 atom stereocenters. The third-order valence-electron chi connectivity index (χ3n) is 2.58. The van der Waals surface area contributed by atoms with Crippen LogP contribution in [-0.2, 0) is 6.42 Å². The van der Waals surface area contributed by atoms with Crippen molar-refractivity contribution in [2.45, 2.75) is 6.42 Å².